The fourth-order valence-electron chi connectivity index (χ4n) is 4.29. The Bertz CT molecular complexity index is 1750. The second-order valence-electron chi connectivity index (χ2n) is 8.61. The van der Waals surface area contributed by atoms with E-state index in [0.29, 0.717) is 34.4 Å². The summed E-state index contributed by atoms with van der Waals surface area (Å²) >= 11 is 1.72. The molecule has 196 valence electrons. The number of benzene rings is 2. The number of sulfone groups is 1. The van der Waals surface area contributed by atoms with E-state index < -0.39 is 15.4 Å². The molecule has 0 fully saturated rings. The second kappa shape index (κ2) is 10.5. The first-order chi connectivity index (χ1) is 18.3. The summed E-state index contributed by atoms with van der Waals surface area (Å²) in [6.07, 6.45) is 0. The maximum Gasteiger partial charge on any atom is 0.255 e. The zero-order chi connectivity index (χ0) is 26.9. The van der Waals surface area contributed by atoms with Crippen LogP contribution >= 0.6 is 11.8 Å². The van der Waals surface area contributed by atoms with Crippen molar-refractivity contribution in [1.29, 1.82) is 0 Å². The summed E-state index contributed by atoms with van der Waals surface area (Å²) in [4.78, 5) is 38.2. The van der Waals surface area contributed by atoms with Crippen molar-refractivity contribution in [3.63, 3.8) is 0 Å². The van der Waals surface area contributed by atoms with Crippen molar-refractivity contribution in [2.75, 3.05) is 14.2 Å². The molecule has 4 aromatic rings. The van der Waals surface area contributed by atoms with Crippen LogP contribution in [0.15, 0.2) is 58.1 Å². The molecule has 38 heavy (non-hydrogen) atoms. The van der Waals surface area contributed by atoms with E-state index >= 15 is 0 Å². The molecule has 4 heterocycles. The summed E-state index contributed by atoms with van der Waals surface area (Å²) in [5.74, 6) is 3.32. The van der Waals surface area contributed by atoms with Gasteiger partial charge in [0.05, 0.1) is 53.8 Å². The SMILES string of the molecule is COc1ccccc1-c1nc2c(c(=O)[nH]1)CS(=O)(=O)C2.COc1ccccc1-c1nc2c(c(=O)[nH]1)CSC2. The van der Waals surface area contributed by atoms with Crippen LogP contribution in [0.1, 0.15) is 22.5 Å². The van der Waals surface area contributed by atoms with Crippen LogP contribution in [-0.4, -0.2) is 42.6 Å². The number of para-hydroxylation sites is 2. The molecular weight excluding hydrogens is 528 g/mol. The highest BCUT2D eigenvalue weighted by atomic mass is 32.2. The Balaban J connectivity index is 0.000000156. The number of rotatable bonds is 4. The van der Waals surface area contributed by atoms with Crippen molar-refractivity contribution in [1.82, 2.24) is 19.9 Å². The molecule has 0 spiro atoms. The van der Waals surface area contributed by atoms with E-state index in [1.54, 1.807) is 43.1 Å². The van der Waals surface area contributed by atoms with Gasteiger partial charge in [-0.05, 0) is 24.3 Å². The smallest absolute Gasteiger partial charge is 0.255 e. The third-order valence-corrected chi connectivity index (χ3v) is 8.54. The van der Waals surface area contributed by atoms with Crippen LogP contribution in [0.25, 0.3) is 22.8 Å². The van der Waals surface area contributed by atoms with Crippen LogP contribution in [0.3, 0.4) is 0 Å². The van der Waals surface area contributed by atoms with Crippen molar-refractivity contribution in [2.24, 2.45) is 0 Å². The number of nitrogens with one attached hydrogen (secondary N) is 2. The predicted octanol–water partition coefficient (Wildman–Crippen LogP) is 3.07. The van der Waals surface area contributed by atoms with Gasteiger partial charge >= 0.3 is 0 Å². The van der Waals surface area contributed by atoms with Gasteiger partial charge < -0.3 is 19.4 Å². The summed E-state index contributed by atoms with van der Waals surface area (Å²) in [6, 6.07) is 14.7. The van der Waals surface area contributed by atoms with Gasteiger partial charge in [0.25, 0.3) is 11.1 Å². The molecule has 0 unspecified atom stereocenters. The molecule has 2 aromatic heterocycles. The molecule has 12 heteroatoms. The van der Waals surface area contributed by atoms with E-state index in [2.05, 4.69) is 19.9 Å². The lowest BCUT2D eigenvalue weighted by molar-refractivity contribution is 0.416. The van der Waals surface area contributed by atoms with E-state index in [1.807, 2.05) is 24.3 Å². The van der Waals surface area contributed by atoms with E-state index in [9.17, 15) is 18.0 Å². The fraction of sp³-hybridized carbons (Fsp3) is 0.231. The fourth-order valence-corrected chi connectivity index (χ4v) is 6.82. The average Bonchev–Trinajstić information content (AvgIpc) is 3.52. The third-order valence-electron chi connectivity index (χ3n) is 6.13. The lowest BCUT2D eigenvalue weighted by atomic mass is 10.1. The molecule has 0 bridgehead atoms. The minimum atomic E-state index is -3.26. The number of hydrogen-bond acceptors (Lipinski definition) is 9. The lowest BCUT2D eigenvalue weighted by Crippen LogP contribution is -2.15. The molecule has 0 aliphatic carbocycles. The third kappa shape index (κ3) is 5.09. The molecule has 2 aliphatic heterocycles. The van der Waals surface area contributed by atoms with Crippen LogP contribution in [0.5, 0.6) is 11.5 Å². The van der Waals surface area contributed by atoms with Gasteiger partial charge in [-0.25, -0.2) is 18.4 Å². The Labute approximate surface area is 222 Å². The van der Waals surface area contributed by atoms with Gasteiger partial charge in [0, 0.05) is 17.1 Å². The summed E-state index contributed by atoms with van der Waals surface area (Å²) in [6.45, 7) is 0. The molecule has 0 saturated carbocycles. The van der Waals surface area contributed by atoms with Gasteiger partial charge in [-0.2, -0.15) is 11.8 Å². The maximum absolute atomic E-state index is 12.0. The zero-order valence-corrected chi connectivity index (χ0v) is 22.2. The second-order valence-corrected chi connectivity index (χ2v) is 11.7. The van der Waals surface area contributed by atoms with Crippen LogP contribution < -0.4 is 20.6 Å². The summed E-state index contributed by atoms with van der Waals surface area (Å²) in [5.41, 5.74) is 3.26. The molecule has 2 aromatic carbocycles. The Kier molecular flexibility index (Phi) is 7.09. The van der Waals surface area contributed by atoms with E-state index in [0.717, 1.165) is 28.3 Å². The molecule has 0 atom stereocenters. The Morgan fingerprint density at radius 2 is 1.26 bits per heavy atom. The van der Waals surface area contributed by atoms with Gasteiger partial charge in [-0.3, -0.25) is 9.59 Å². The van der Waals surface area contributed by atoms with Gasteiger partial charge in [-0.15, -0.1) is 0 Å². The highest BCUT2D eigenvalue weighted by Crippen LogP contribution is 2.31. The molecular formula is C26H24N4O6S2. The number of aromatic amines is 2. The van der Waals surface area contributed by atoms with Crippen molar-refractivity contribution in [2.45, 2.75) is 23.0 Å². The molecule has 0 amide bonds. The Morgan fingerprint density at radius 3 is 1.84 bits per heavy atom. The largest absolute Gasteiger partial charge is 0.496 e. The first-order valence-corrected chi connectivity index (χ1v) is 14.6. The van der Waals surface area contributed by atoms with Crippen LogP contribution in [-0.2, 0) is 32.8 Å². The average molecular weight is 553 g/mol. The number of hydrogen-bond donors (Lipinski definition) is 2. The first-order valence-electron chi connectivity index (χ1n) is 11.6. The van der Waals surface area contributed by atoms with Crippen LogP contribution in [0.4, 0.5) is 0 Å². The van der Waals surface area contributed by atoms with Gasteiger partial charge in [-0.1, -0.05) is 24.3 Å². The normalized spacial score (nSPS) is 14.7. The highest BCUT2D eigenvalue weighted by Gasteiger charge is 2.29. The topological polar surface area (TPSA) is 144 Å². The molecule has 10 nitrogen and oxygen atoms in total. The Morgan fingerprint density at radius 1 is 0.737 bits per heavy atom. The molecule has 2 N–H and O–H groups in total. The van der Waals surface area contributed by atoms with E-state index in [4.69, 9.17) is 9.47 Å². The number of ether oxygens (including phenoxy) is 2. The Hall–Kier alpha value is -3.90. The first kappa shape index (κ1) is 25.7. The van der Waals surface area contributed by atoms with Crippen LogP contribution in [0.2, 0.25) is 0 Å². The van der Waals surface area contributed by atoms with Crippen molar-refractivity contribution in [3.05, 3.63) is 91.8 Å². The van der Waals surface area contributed by atoms with Crippen molar-refractivity contribution >= 4 is 21.6 Å². The maximum atomic E-state index is 12.0. The number of methoxy groups -OCH3 is 2. The predicted molar refractivity (Wildman–Crippen MR) is 145 cm³/mol. The van der Waals surface area contributed by atoms with Gasteiger partial charge in [0.15, 0.2) is 9.84 Å². The zero-order valence-electron chi connectivity index (χ0n) is 20.6. The standard InChI is InChI=1S/C13H12N2O4S.C13H12N2O2S/c1-19-11-5-3-2-4-8(11)12-14-10-7-20(17,18)6-9(10)13(16)15-12;1-17-11-5-3-2-4-8(11)12-14-10-7-18-6-9(10)13(16)15-12/h2-5H,6-7H2,1H3,(H,14,15,16);2-5H,6-7H2,1H3,(H,14,15,16). The lowest BCUT2D eigenvalue weighted by Gasteiger charge is -2.08. The number of thioether (sulfide) groups is 1. The summed E-state index contributed by atoms with van der Waals surface area (Å²) in [7, 11) is -0.122. The summed E-state index contributed by atoms with van der Waals surface area (Å²) in [5, 5.41) is 0. The van der Waals surface area contributed by atoms with Crippen molar-refractivity contribution in [3.8, 4) is 34.3 Å². The quantitative estimate of drug-likeness (QED) is 0.390. The minimum absolute atomic E-state index is 0.0362. The number of aromatic nitrogens is 4. The summed E-state index contributed by atoms with van der Waals surface area (Å²) < 4.78 is 33.7. The number of nitrogens with zero attached hydrogens (tertiary/aromatic N) is 2. The molecule has 0 saturated heterocycles. The highest BCUT2D eigenvalue weighted by molar-refractivity contribution is 7.98. The van der Waals surface area contributed by atoms with E-state index in [1.165, 1.54) is 7.11 Å². The molecule has 2 aliphatic rings. The van der Waals surface area contributed by atoms with E-state index in [-0.39, 0.29) is 22.6 Å². The van der Waals surface area contributed by atoms with Gasteiger partial charge in [0.1, 0.15) is 23.1 Å². The van der Waals surface area contributed by atoms with Crippen LogP contribution in [0, 0.1) is 0 Å². The molecule has 6 rings (SSSR count). The van der Waals surface area contributed by atoms with Crippen molar-refractivity contribution < 1.29 is 17.9 Å². The molecule has 0 radical (unpaired) electrons. The number of fused-ring (bicyclic) bond motifs is 2. The minimum Gasteiger partial charge on any atom is -0.496 e. The van der Waals surface area contributed by atoms with Gasteiger partial charge in [0.2, 0.25) is 0 Å². The number of H-pyrrole nitrogens is 2. The monoisotopic (exact) mass is 552 g/mol.